The summed E-state index contributed by atoms with van der Waals surface area (Å²) in [6, 6.07) is 85.8. The topological polar surface area (TPSA) is 75.5 Å². The Morgan fingerprint density at radius 2 is 0.675 bits per heavy atom. The molecule has 0 radical (unpaired) electrons. The molecule has 382 valence electrons. The minimum Gasteiger partial charge on any atom is -0.455 e. The first-order valence-corrected chi connectivity index (χ1v) is 30.1. The summed E-state index contributed by atoms with van der Waals surface area (Å²) in [4.78, 5) is 0. The van der Waals surface area contributed by atoms with Gasteiger partial charge in [0.25, 0.3) is 0 Å². The van der Waals surface area contributed by atoms with E-state index in [4.69, 9.17) is 4.42 Å². The number of nitrogens with zero attached hydrogens (tertiary/aromatic N) is 5. The largest absolute Gasteiger partial charge is 0.455 e. The highest BCUT2D eigenvalue weighted by Gasteiger charge is 2.36. The molecule has 7 heterocycles. The van der Waals surface area contributed by atoms with Crippen LogP contribution in [0.2, 0.25) is 0 Å². The van der Waals surface area contributed by atoms with E-state index in [-0.39, 0.29) is 0 Å². The third-order valence-corrected chi connectivity index (χ3v) is 21.1. The number of benzene rings is 12. The minimum absolute atomic E-state index is 0.358. The van der Waals surface area contributed by atoms with Crippen molar-refractivity contribution < 1.29 is 4.42 Å². The van der Waals surface area contributed by atoms with Gasteiger partial charge >= 0.3 is 0 Å². The number of rotatable bonds is 4. The van der Waals surface area contributed by atoms with E-state index in [9.17, 15) is 10.5 Å². The van der Waals surface area contributed by atoms with Crippen molar-refractivity contribution in [2.75, 3.05) is 0 Å². The first kappa shape index (κ1) is 45.2. The van der Waals surface area contributed by atoms with Crippen molar-refractivity contribution in [3.05, 3.63) is 236 Å². The van der Waals surface area contributed by atoms with Crippen molar-refractivity contribution in [3.8, 4) is 40.3 Å². The maximum Gasteiger partial charge on any atom is 0.143 e. The third-order valence-electron chi connectivity index (χ3n) is 17.5. The van der Waals surface area contributed by atoms with Crippen LogP contribution in [0.25, 0.3) is 176 Å². The van der Waals surface area contributed by atoms with Gasteiger partial charge in [-0.2, -0.15) is 10.5 Å². The Bertz CT molecular complexity index is 6240. The van der Waals surface area contributed by atoms with E-state index in [1.165, 1.54) is 20.2 Å². The van der Waals surface area contributed by atoms with Crippen molar-refractivity contribution in [1.82, 2.24) is 13.7 Å². The van der Waals surface area contributed by atoms with Gasteiger partial charge in [-0.25, -0.2) is 0 Å². The summed E-state index contributed by atoms with van der Waals surface area (Å²) >= 11 is 5.32. The third kappa shape index (κ3) is 5.82. The molecule has 0 saturated carbocycles. The molecule has 0 N–H and O–H groups in total. The zero-order valence-corrected chi connectivity index (χ0v) is 46.2. The minimum atomic E-state index is 0.358. The maximum atomic E-state index is 13.0. The standard InChI is InChI=1S/C74H37N5OS3/c75-38-55-64(54-24-15-23-50-43-19-4-11-28-60(43)80-71(50)54)70(79-59-27-10-3-18-42(59)49-34-37-53-46-22-7-14-31-63(46)83-74(53)69(49)79)66(78-58-26-9-2-17-41(58)48-33-36-52-45-21-6-13-30-62(45)82-73(52)68(48)78)56(39-76)65(55)77-57-25-8-1-16-40(57)47-32-35-51-44-20-5-12-29-61(44)81-72(51)67(47)77/h1-37H. The monoisotopic (exact) mass is 1110 g/mol. The molecule has 19 rings (SSSR count). The van der Waals surface area contributed by atoms with Crippen LogP contribution in [0.1, 0.15) is 11.1 Å². The fourth-order valence-corrected chi connectivity index (χ4v) is 17.9. The summed E-state index contributed by atoms with van der Waals surface area (Å²) in [7, 11) is 0. The molecule has 6 nitrogen and oxygen atoms in total. The first-order chi connectivity index (χ1) is 41.1. The van der Waals surface area contributed by atoms with E-state index in [0.29, 0.717) is 39.3 Å². The van der Waals surface area contributed by atoms with E-state index in [1.54, 1.807) is 34.0 Å². The molecule has 0 aliphatic carbocycles. The lowest BCUT2D eigenvalue weighted by Crippen LogP contribution is -2.14. The predicted molar refractivity (Wildman–Crippen MR) is 350 cm³/mol. The number of aromatic nitrogens is 3. The molecule has 0 aliphatic heterocycles. The lowest BCUT2D eigenvalue weighted by molar-refractivity contribution is 0.670. The summed E-state index contributed by atoms with van der Waals surface area (Å²) in [5.41, 5.74) is 11.1. The Balaban J connectivity index is 1.15. The van der Waals surface area contributed by atoms with E-state index >= 15 is 0 Å². The number of nitriles is 2. The molecule has 0 atom stereocenters. The lowest BCUT2D eigenvalue weighted by atomic mass is 9.90. The second kappa shape index (κ2) is 16.5. The van der Waals surface area contributed by atoms with E-state index in [2.05, 4.69) is 238 Å². The SMILES string of the molecule is N#Cc1c(-c2cccc3c2oc2ccccc23)c(-n2c3ccccc3c3ccc4c5ccccc5sc4c32)c(-n2c3ccccc3c3ccc4c5ccccc5sc4c32)c(C#N)c1-n1c2ccccc2c2ccc3c4ccccc4sc3c21. The number of furan rings is 1. The quantitative estimate of drug-likeness (QED) is 0.176. The molecule has 0 amide bonds. The molecule has 0 fully saturated rings. The Hall–Kier alpha value is -10.5. The van der Waals surface area contributed by atoms with Crippen molar-refractivity contribution in [1.29, 1.82) is 10.5 Å². The number of hydrogen-bond donors (Lipinski definition) is 0. The molecule has 12 aromatic carbocycles. The fraction of sp³-hybridized carbons (Fsp3) is 0. The summed E-state index contributed by atoms with van der Waals surface area (Å²) < 4.78 is 21.1. The Labute approximate surface area is 483 Å². The normalized spacial score (nSPS) is 12.3. The zero-order chi connectivity index (χ0) is 54.3. The molecule has 9 heteroatoms. The first-order valence-electron chi connectivity index (χ1n) is 27.6. The van der Waals surface area contributed by atoms with Gasteiger partial charge in [0, 0.05) is 101 Å². The van der Waals surface area contributed by atoms with Crippen molar-refractivity contribution in [3.63, 3.8) is 0 Å². The van der Waals surface area contributed by atoms with Crippen LogP contribution < -0.4 is 0 Å². The Morgan fingerprint density at radius 1 is 0.301 bits per heavy atom. The van der Waals surface area contributed by atoms with Gasteiger partial charge in [-0.3, -0.25) is 0 Å². The van der Waals surface area contributed by atoms with Crippen LogP contribution in [-0.4, -0.2) is 13.7 Å². The molecule has 7 aromatic heterocycles. The van der Waals surface area contributed by atoms with E-state index in [1.807, 2.05) is 12.1 Å². The van der Waals surface area contributed by atoms with Crippen LogP contribution in [0.3, 0.4) is 0 Å². The predicted octanol–water partition coefficient (Wildman–Crippen LogP) is 21.4. The molecule has 83 heavy (non-hydrogen) atoms. The van der Waals surface area contributed by atoms with Gasteiger partial charge in [0.1, 0.15) is 28.9 Å². The van der Waals surface area contributed by atoms with E-state index < -0.39 is 0 Å². The van der Waals surface area contributed by atoms with Gasteiger partial charge in [0.2, 0.25) is 0 Å². The smallest absolute Gasteiger partial charge is 0.143 e. The van der Waals surface area contributed by atoms with Crippen molar-refractivity contribution in [2.45, 2.75) is 0 Å². The van der Waals surface area contributed by atoms with Gasteiger partial charge in [-0.15, -0.1) is 34.0 Å². The van der Waals surface area contributed by atoms with Crippen LogP contribution >= 0.6 is 34.0 Å². The van der Waals surface area contributed by atoms with Gasteiger partial charge in [0.05, 0.1) is 69.8 Å². The summed E-state index contributed by atoms with van der Waals surface area (Å²) in [6.45, 7) is 0. The highest BCUT2D eigenvalue weighted by Crippen LogP contribution is 2.54. The molecule has 0 aliphatic rings. The highest BCUT2D eigenvalue weighted by atomic mass is 32.1. The number of thiophene rings is 3. The molecule has 0 saturated heterocycles. The van der Waals surface area contributed by atoms with Gasteiger partial charge < -0.3 is 18.1 Å². The highest BCUT2D eigenvalue weighted by molar-refractivity contribution is 7.27. The van der Waals surface area contributed by atoms with Crippen LogP contribution in [0.5, 0.6) is 0 Å². The van der Waals surface area contributed by atoms with Gasteiger partial charge in [0.15, 0.2) is 0 Å². The van der Waals surface area contributed by atoms with Crippen LogP contribution in [0.4, 0.5) is 0 Å². The molecular weight excluding hydrogens is 1070 g/mol. The molecule has 19 aromatic rings. The molecule has 0 bridgehead atoms. The Morgan fingerprint density at radius 3 is 1.14 bits per heavy atom. The fourth-order valence-electron chi connectivity index (χ4n) is 14.2. The summed E-state index contributed by atoms with van der Waals surface area (Å²) in [5.74, 6) is 0. The van der Waals surface area contributed by atoms with Crippen molar-refractivity contribution in [2.24, 2.45) is 0 Å². The lowest BCUT2D eigenvalue weighted by Gasteiger charge is -2.26. The van der Waals surface area contributed by atoms with Crippen LogP contribution in [0, 0.1) is 22.7 Å². The number of fused-ring (bicyclic) bond motifs is 24. The van der Waals surface area contributed by atoms with Crippen LogP contribution in [-0.2, 0) is 0 Å². The number of hydrogen-bond acceptors (Lipinski definition) is 6. The van der Waals surface area contributed by atoms with Crippen molar-refractivity contribution >= 4 is 182 Å². The average molecular weight is 1110 g/mol. The average Bonchev–Trinajstić information content (AvgIpc) is 1.77. The maximum absolute atomic E-state index is 13.0. The molecular formula is C74H37N5OS3. The molecule has 0 unspecified atom stereocenters. The number of para-hydroxylation sites is 5. The zero-order valence-electron chi connectivity index (χ0n) is 43.7. The second-order valence-electron chi connectivity index (χ2n) is 21.5. The van der Waals surface area contributed by atoms with E-state index in [0.717, 1.165) is 128 Å². The molecule has 0 spiro atoms. The summed E-state index contributed by atoms with van der Waals surface area (Å²) in [5, 5.41) is 41.0. The Kier molecular flexibility index (Phi) is 9.02. The van der Waals surface area contributed by atoms with Gasteiger partial charge in [-0.1, -0.05) is 182 Å². The van der Waals surface area contributed by atoms with Crippen LogP contribution in [0.15, 0.2) is 229 Å². The summed E-state index contributed by atoms with van der Waals surface area (Å²) in [6.07, 6.45) is 0. The second-order valence-corrected chi connectivity index (χ2v) is 24.7. The van der Waals surface area contributed by atoms with Gasteiger partial charge in [-0.05, 0) is 42.5 Å².